The summed E-state index contributed by atoms with van der Waals surface area (Å²) < 4.78 is 4.66. The molecule has 0 bridgehead atoms. The van der Waals surface area contributed by atoms with Crippen LogP contribution in [0.3, 0.4) is 0 Å². The standard InChI is InChI=1S/C12H14O6/c13-6-9(14)11(16)10(15)7-18-12(17)8-4-2-1-3-5-8/h1-5,9,11,13-14,16H,6-7H2/t9-,11+/m1/s1. The first-order valence-corrected chi connectivity index (χ1v) is 5.28. The first-order chi connectivity index (χ1) is 8.56. The van der Waals surface area contributed by atoms with Crippen molar-refractivity contribution in [1.29, 1.82) is 0 Å². The highest BCUT2D eigenvalue weighted by atomic mass is 16.5. The molecule has 0 saturated carbocycles. The van der Waals surface area contributed by atoms with Gasteiger partial charge in [0, 0.05) is 0 Å². The molecule has 0 aliphatic heterocycles. The van der Waals surface area contributed by atoms with E-state index in [0.29, 0.717) is 0 Å². The van der Waals surface area contributed by atoms with Gasteiger partial charge >= 0.3 is 5.97 Å². The van der Waals surface area contributed by atoms with E-state index in [4.69, 9.17) is 10.2 Å². The third-order valence-electron chi connectivity index (χ3n) is 2.24. The zero-order chi connectivity index (χ0) is 13.5. The second kappa shape index (κ2) is 6.85. The Hall–Kier alpha value is -1.76. The van der Waals surface area contributed by atoms with Gasteiger partial charge in [-0.05, 0) is 12.1 Å². The van der Waals surface area contributed by atoms with Gasteiger partial charge in [0.05, 0.1) is 12.2 Å². The van der Waals surface area contributed by atoms with Crippen LogP contribution in [-0.2, 0) is 9.53 Å². The van der Waals surface area contributed by atoms with Gasteiger partial charge in [0.15, 0.2) is 6.61 Å². The first kappa shape index (κ1) is 14.3. The highest BCUT2D eigenvalue weighted by Crippen LogP contribution is 2.02. The van der Waals surface area contributed by atoms with E-state index in [-0.39, 0.29) is 5.56 Å². The van der Waals surface area contributed by atoms with E-state index in [1.807, 2.05) is 0 Å². The maximum Gasteiger partial charge on any atom is 0.338 e. The van der Waals surface area contributed by atoms with Gasteiger partial charge in [0.2, 0.25) is 5.78 Å². The molecule has 2 atom stereocenters. The van der Waals surface area contributed by atoms with Crippen molar-refractivity contribution < 1.29 is 29.6 Å². The molecule has 0 fully saturated rings. The minimum Gasteiger partial charge on any atom is -0.454 e. The SMILES string of the molecule is O=C(OCC(=O)[C@@H](O)[C@H](O)CO)c1ccccc1. The number of ketones is 1. The van der Waals surface area contributed by atoms with Crippen molar-refractivity contribution in [1.82, 2.24) is 0 Å². The minimum absolute atomic E-state index is 0.280. The predicted octanol–water partition coefficient (Wildman–Crippen LogP) is -0.873. The lowest BCUT2D eigenvalue weighted by atomic mass is 10.1. The molecular weight excluding hydrogens is 240 g/mol. The van der Waals surface area contributed by atoms with Gasteiger partial charge in [-0.15, -0.1) is 0 Å². The number of carbonyl (C=O) groups is 2. The number of rotatable bonds is 6. The molecule has 6 nitrogen and oxygen atoms in total. The second-order valence-electron chi connectivity index (χ2n) is 3.60. The Bertz CT molecular complexity index is 402. The summed E-state index contributed by atoms with van der Waals surface area (Å²) >= 11 is 0. The Morgan fingerprint density at radius 1 is 1.17 bits per heavy atom. The summed E-state index contributed by atoms with van der Waals surface area (Å²) in [4.78, 5) is 22.7. The quantitative estimate of drug-likeness (QED) is 0.570. The lowest BCUT2D eigenvalue weighted by Gasteiger charge is -2.14. The lowest BCUT2D eigenvalue weighted by molar-refractivity contribution is -0.137. The Kier molecular flexibility index (Phi) is 5.44. The molecule has 0 aromatic heterocycles. The Balaban J connectivity index is 2.46. The molecule has 0 saturated heterocycles. The van der Waals surface area contributed by atoms with E-state index in [1.165, 1.54) is 12.1 Å². The average molecular weight is 254 g/mol. The number of Topliss-reactive ketones (excluding diaryl/α,β-unsaturated/α-hetero) is 1. The Morgan fingerprint density at radius 2 is 1.78 bits per heavy atom. The summed E-state index contributed by atoms with van der Waals surface area (Å²) in [5.41, 5.74) is 0.280. The van der Waals surface area contributed by atoms with Crippen LogP contribution < -0.4 is 0 Å². The number of aliphatic hydroxyl groups is 3. The number of aliphatic hydroxyl groups excluding tert-OH is 3. The van der Waals surface area contributed by atoms with Crippen LogP contribution in [0.15, 0.2) is 30.3 Å². The molecular formula is C12H14O6. The van der Waals surface area contributed by atoms with E-state index in [9.17, 15) is 14.7 Å². The maximum atomic E-state index is 11.4. The summed E-state index contributed by atoms with van der Waals surface area (Å²) in [6.45, 7) is -1.41. The fourth-order valence-corrected chi connectivity index (χ4v) is 1.19. The van der Waals surface area contributed by atoms with Gasteiger partial charge in [0.1, 0.15) is 12.2 Å². The molecule has 0 amide bonds. The van der Waals surface area contributed by atoms with E-state index in [1.54, 1.807) is 18.2 Å². The van der Waals surface area contributed by atoms with Gasteiger partial charge in [-0.2, -0.15) is 0 Å². The fraction of sp³-hybridized carbons (Fsp3) is 0.333. The highest BCUT2D eigenvalue weighted by Gasteiger charge is 2.24. The molecule has 98 valence electrons. The van der Waals surface area contributed by atoms with Crippen LogP contribution in [0.25, 0.3) is 0 Å². The Labute approximate surface area is 103 Å². The van der Waals surface area contributed by atoms with E-state index >= 15 is 0 Å². The van der Waals surface area contributed by atoms with Crippen molar-refractivity contribution in [3.63, 3.8) is 0 Å². The molecule has 0 radical (unpaired) electrons. The van der Waals surface area contributed by atoms with E-state index in [2.05, 4.69) is 4.74 Å². The van der Waals surface area contributed by atoms with Gasteiger partial charge in [0.25, 0.3) is 0 Å². The topological polar surface area (TPSA) is 104 Å². The summed E-state index contributed by atoms with van der Waals surface area (Å²) in [5, 5.41) is 26.8. The second-order valence-corrected chi connectivity index (χ2v) is 3.60. The molecule has 0 spiro atoms. The van der Waals surface area contributed by atoms with Crippen LogP contribution in [-0.4, -0.2) is 52.5 Å². The van der Waals surface area contributed by atoms with Crippen molar-refractivity contribution in [2.24, 2.45) is 0 Å². The average Bonchev–Trinajstić information content (AvgIpc) is 2.43. The van der Waals surface area contributed by atoms with Gasteiger partial charge in [-0.25, -0.2) is 4.79 Å². The number of hydrogen-bond acceptors (Lipinski definition) is 6. The van der Waals surface area contributed by atoms with Crippen LogP contribution >= 0.6 is 0 Å². The molecule has 0 aliphatic carbocycles. The normalized spacial score (nSPS) is 13.7. The predicted molar refractivity (Wildman–Crippen MR) is 60.8 cm³/mol. The zero-order valence-electron chi connectivity index (χ0n) is 9.52. The van der Waals surface area contributed by atoms with Gasteiger partial charge < -0.3 is 20.1 Å². The summed E-state index contributed by atoms with van der Waals surface area (Å²) in [6.07, 6.45) is -3.34. The van der Waals surface area contributed by atoms with E-state index < -0.39 is 37.2 Å². The molecule has 3 N–H and O–H groups in total. The summed E-state index contributed by atoms with van der Waals surface area (Å²) in [5.74, 6) is -1.57. The third-order valence-corrected chi connectivity index (χ3v) is 2.24. The Morgan fingerprint density at radius 3 is 2.33 bits per heavy atom. The van der Waals surface area contributed by atoms with Crippen LogP contribution in [0.1, 0.15) is 10.4 Å². The van der Waals surface area contributed by atoms with Crippen molar-refractivity contribution in [3.05, 3.63) is 35.9 Å². The minimum atomic E-state index is -1.77. The number of ether oxygens (including phenoxy) is 1. The third kappa shape index (κ3) is 3.92. The largest absolute Gasteiger partial charge is 0.454 e. The van der Waals surface area contributed by atoms with Crippen LogP contribution in [0.4, 0.5) is 0 Å². The monoisotopic (exact) mass is 254 g/mol. The summed E-state index contributed by atoms with van der Waals surface area (Å²) in [6, 6.07) is 8.05. The van der Waals surface area contributed by atoms with Crippen LogP contribution in [0.2, 0.25) is 0 Å². The molecule has 1 rings (SSSR count). The molecule has 18 heavy (non-hydrogen) atoms. The van der Waals surface area contributed by atoms with Crippen LogP contribution in [0.5, 0.6) is 0 Å². The molecule has 1 aromatic carbocycles. The van der Waals surface area contributed by atoms with E-state index in [0.717, 1.165) is 0 Å². The molecule has 0 heterocycles. The highest BCUT2D eigenvalue weighted by molar-refractivity contribution is 5.92. The van der Waals surface area contributed by atoms with Crippen molar-refractivity contribution in [3.8, 4) is 0 Å². The first-order valence-electron chi connectivity index (χ1n) is 5.28. The van der Waals surface area contributed by atoms with Crippen molar-refractivity contribution in [2.75, 3.05) is 13.2 Å². The molecule has 0 aliphatic rings. The summed E-state index contributed by atoms with van der Waals surface area (Å²) in [7, 11) is 0. The van der Waals surface area contributed by atoms with Crippen molar-refractivity contribution >= 4 is 11.8 Å². The van der Waals surface area contributed by atoms with Crippen molar-refractivity contribution in [2.45, 2.75) is 12.2 Å². The number of carbonyl (C=O) groups excluding carboxylic acids is 2. The molecule has 6 heteroatoms. The number of benzene rings is 1. The molecule has 1 aromatic rings. The van der Waals surface area contributed by atoms with Gasteiger partial charge in [-0.1, -0.05) is 18.2 Å². The molecule has 0 unspecified atom stereocenters. The lowest BCUT2D eigenvalue weighted by Crippen LogP contribution is -2.38. The number of esters is 1. The fourth-order valence-electron chi connectivity index (χ4n) is 1.19. The zero-order valence-corrected chi connectivity index (χ0v) is 9.52. The smallest absolute Gasteiger partial charge is 0.338 e. The maximum absolute atomic E-state index is 11.4. The van der Waals surface area contributed by atoms with Gasteiger partial charge in [-0.3, -0.25) is 4.79 Å². The van der Waals surface area contributed by atoms with Crippen LogP contribution in [0, 0.1) is 0 Å². The number of hydrogen-bond donors (Lipinski definition) is 3.